The van der Waals surface area contributed by atoms with Gasteiger partial charge in [0.1, 0.15) is 19.3 Å². The third-order valence-corrected chi connectivity index (χ3v) is 17.3. The number of aliphatic hydroxyl groups is 1. The lowest BCUT2D eigenvalue weighted by molar-refractivity contribution is -0.161. The lowest BCUT2D eigenvalue weighted by Gasteiger charge is -2.21. The van der Waals surface area contributed by atoms with Gasteiger partial charge in [-0.25, -0.2) is 9.13 Å². The number of hydrogen-bond donors (Lipinski definition) is 3. The van der Waals surface area contributed by atoms with E-state index in [0.29, 0.717) is 25.7 Å². The lowest BCUT2D eigenvalue weighted by atomic mass is 10.0. The van der Waals surface area contributed by atoms with Gasteiger partial charge in [0.15, 0.2) is 12.2 Å². The minimum atomic E-state index is -4.94. The molecule has 19 heteroatoms. The molecule has 0 aromatic heterocycles. The summed E-state index contributed by atoms with van der Waals surface area (Å²) in [6, 6.07) is 0. The number of carbonyl (C=O) groups is 4. The van der Waals surface area contributed by atoms with Crippen LogP contribution in [0.1, 0.15) is 342 Å². The molecule has 504 valence electrons. The maximum atomic E-state index is 13.0. The Bertz CT molecular complexity index is 1640. The van der Waals surface area contributed by atoms with Crippen molar-refractivity contribution in [2.24, 2.45) is 0 Å². The molecule has 0 spiro atoms. The van der Waals surface area contributed by atoms with Crippen LogP contribution in [0.15, 0.2) is 0 Å². The van der Waals surface area contributed by atoms with E-state index >= 15 is 0 Å². The van der Waals surface area contributed by atoms with Crippen LogP contribution in [0.5, 0.6) is 0 Å². The fraction of sp³-hybridized carbons (Fsp3) is 0.939. The summed E-state index contributed by atoms with van der Waals surface area (Å²) in [6.45, 7) is 4.81. The molecule has 0 bridgehead atoms. The van der Waals surface area contributed by atoms with E-state index in [0.717, 1.165) is 116 Å². The first-order valence-corrected chi connectivity index (χ1v) is 37.8. The summed E-state index contributed by atoms with van der Waals surface area (Å²) in [6.07, 6.45) is 47.7. The van der Waals surface area contributed by atoms with Gasteiger partial charge in [-0.1, -0.05) is 291 Å². The average molecular weight is 1260 g/mol. The number of unbranched alkanes of at least 4 members (excludes halogenated alkanes) is 41. The van der Waals surface area contributed by atoms with Gasteiger partial charge in [-0.15, -0.1) is 0 Å². The summed E-state index contributed by atoms with van der Waals surface area (Å²) in [5, 5.41) is 10.5. The van der Waals surface area contributed by atoms with Crippen molar-refractivity contribution >= 4 is 39.5 Å². The largest absolute Gasteiger partial charge is 0.472 e. The number of rotatable bonds is 67. The molecular weight excluding hydrogens is 1130 g/mol. The van der Waals surface area contributed by atoms with Crippen LogP contribution in [0, 0.1) is 0 Å². The first kappa shape index (κ1) is 83.1. The van der Waals surface area contributed by atoms with E-state index in [9.17, 15) is 43.2 Å². The van der Waals surface area contributed by atoms with E-state index in [1.807, 2.05) is 0 Å². The van der Waals surface area contributed by atoms with Crippen LogP contribution in [-0.2, 0) is 65.4 Å². The zero-order valence-electron chi connectivity index (χ0n) is 54.6. The van der Waals surface area contributed by atoms with Gasteiger partial charge < -0.3 is 33.8 Å². The Balaban J connectivity index is 5.07. The Morgan fingerprint density at radius 1 is 0.282 bits per heavy atom. The third-order valence-electron chi connectivity index (χ3n) is 15.4. The van der Waals surface area contributed by atoms with Crippen molar-refractivity contribution in [3.8, 4) is 0 Å². The molecular formula is C66H128O17P2. The molecule has 0 saturated heterocycles. The van der Waals surface area contributed by atoms with Crippen molar-refractivity contribution in [2.45, 2.75) is 361 Å². The van der Waals surface area contributed by atoms with Gasteiger partial charge in [-0.3, -0.25) is 37.3 Å². The number of esters is 4. The smallest absolute Gasteiger partial charge is 0.462 e. The first-order chi connectivity index (χ1) is 41.2. The fourth-order valence-electron chi connectivity index (χ4n) is 9.99. The molecule has 0 aliphatic carbocycles. The highest BCUT2D eigenvalue weighted by Gasteiger charge is 2.30. The molecule has 2 unspecified atom stereocenters. The SMILES string of the molecule is CCCCCCCCCCCCCCCCCCCCCCCC(=O)O[C@H](COC(=O)CCCCCCCCCCCC)COP(=O)(O)OC[C@@H](O)COP(=O)(O)OC[C@@H](COC(=O)CCCCCCCCC)OC(=O)CCCCCCCCC. The van der Waals surface area contributed by atoms with Crippen LogP contribution in [0.4, 0.5) is 0 Å². The molecule has 0 saturated carbocycles. The molecule has 17 nitrogen and oxygen atoms in total. The van der Waals surface area contributed by atoms with E-state index in [-0.39, 0.29) is 25.7 Å². The van der Waals surface area contributed by atoms with Gasteiger partial charge in [0, 0.05) is 25.7 Å². The van der Waals surface area contributed by atoms with Crippen LogP contribution in [0.25, 0.3) is 0 Å². The maximum Gasteiger partial charge on any atom is 0.472 e. The van der Waals surface area contributed by atoms with Crippen molar-refractivity contribution in [2.75, 3.05) is 39.6 Å². The molecule has 0 radical (unpaired) electrons. The summed E-state index contributed by atoms with van der Waals surface area (Å²) < 4.78 is 67.8. The Morgan fingerprint density at radius 3 is 0.694 bits per heavy atom. The van der Waals surface area contributed by atoms with E-state index in [4.69, 9.17) is 37.0 Å². The van der Waals surface area contributed by atoms with Gasteiger partial charge in [-0.05, 0) is 25.7 Å². The number of carbonyl (C=O) groups excluding carboxylic acids is 4. The predicted molar refractivity (Wildman–Crippen MR) is 340 cm³/mol. The number of ether oxygens (including phenoxy) is 4. The van der Waals surface area contributed by atoms with Crippen LogP contribution in [0.3, 0.4) is 0 Å². The van der Waals surface area contributed by atoms with Gasteiger partial charge >= 0.3 is 39.5 Å². The van der Waals surface area contributed by atoms with Crippen LogP contribution in [0.2, 0.25) is 0 Å². The highest BCUT2D eigenvalue weighted by molar-refractivity contribution is 7.47. The molecule has 3 N–H and O–H groups in total. The highest BCUT2D eigenvalue weighted by atomic mass is 31.2. The maximum absolute atomic E-state index is 13.0. The van der Waals surface area contributed by atoms with Crippen LogP contribution in [-0.4, -0.2) is 96.7 Å². The minimum absolute atomic E-state index is 0.104. The second-order valence-corrected chi connectivity index (χ2v) is 26.8. The van der Waals surface area contributed by atoms with Gasteiger partial charge in [-0.2, -0.15) is 0 Å². The second-order valence-electron chi connectivity index (χ2n) is 23.9. The van der Waals surface area contributed by atoms with Crippen molar-refractivity contribution in [1.29, 1.82) is 0 Å². The summed E-state index contributed by atoms with van der Waals surface area (Å²) in [7, 11) is -9.87. The van der Waals surface area contributed by atoms with E-state index < -0.39 is 97.5 Å². The topological polar surface area (TPSA) is 237 Å². The summed E-state index contributed by atoms with van der Waals surface area (Å²) in [4.78, 5) is 72.0. The Kier molecular flexibility index (Phi) is 59.6. The van der Waals surface area contributed by atoms with E-state index in [1.54, 1.807) is 0 Å². The molecule has 0 rings (SSSR count). The number of phosphoric acid groups is 2. The lowest BCUT2D eigenvalue weighted by Crippen LogP contribution is -2.30. The molecule has 0 heterocycles. The standard InChI is InChI=1S/C66H128O17P2/c1-5-9-13-17-21-23-25-26-27-28-29-30-31-32-33-34-35-37-41-45-49-53-66(71)83-62(57-77-64(69)51-47-43-40-36-24-22-18-14-10-6-2)59-81-85(74,75)79-55-60(67)54-78-84(72,73)80-58-61(82-65(70)52-48-44-39-20-16-12-8-4)56-76-63(68)50-46-42-38-19-15-11-7-3/h60-62,67H,5-59H2,1-4H3,(H,72,73)(H,74,75)/t60-,61+,62+/m0/s1. The summed E-state index contributed by atoms with van der Waals surface area (Å²) in [5.74, 6) is -2.14. The Hall–Kier alpha value is -1.94. The molecule has 0 aromatic rings. The van der Waals surface area contributed by atoms with Crippen molar-refractivity contribution in [3.05, 3.63) is 0 Å². The first-order valence-electron chi connectivity index (χ1n) is 34.8. The normalized spacial score (nSPS) is 14.1. The zero-order chi connectivity index (χ0) is 62.6. The Morgan fingerprint density at radius 2 is 0.471 bits per heavy atom. The zero-order valence-corrected chi connectivity index (χ0v) is 56.4. The van der Waals surface area contributed by atoms with Crippen molar-refractivity contribution in [3.63, 3.8) is 0 Å². The monoisotopic (exact) mass is 1250 g/mol. The highest BCUT2D eigenvalue weighted by Crippen LogP contribution is 2.45. The molecule has 0 fully saturated rings. The summed E-state index contributed by atoms with van der Waals surface area (Å²) in [5.41, 5.74) is 0. The minimum Gasteiger partial charge on any atom is -0.462 e. The average Bonchev–Trinajstić information content (AvgIpc) is 3.57. The van der Waals surface area contributed by atoms with Crippen LogP contribution < -0.4 is 0 Å². The molecule has 0 amide bonds. The fourth-order valence-corrected chi connectivity index (χ4v) is 11.6. The predicted octanol–water partition coefficient (Wildman–Crippen LogP) is 18.7. The van der Waals surface area contributed by atoms with Gasteiger partial charge in [0.2, 0.25) is 0 Å². The molecule has 85 heavy (non-hydrogen) atoms. The number of hydrogen-bond acceptors (Lipinski definition) is 15. The van der Waals surface area contributed by atoms with Crippen molar-refractivity contribution in [1.82, 2.24) is 0 Å². The van der Waals surface area contributed by atoms with E-state index in [2.05, 4.69) is 27.7 Å². The quantitative estimate of drug-likeness (QED) is 0.0222. The second kappa shape index (κ2) is 60.9. The molecule has 0 aliphatic rings. The Labute approximate surface area is 517 Å². The van der Waals surface area contributed by atoms with Crippen molar-refractivity contribution < 1.29 is 80.2 Å². The molecule has 0 aromatic carbocycles. The van der Waals surface area contributed by atoms with Gasteiger partial charge in [0.25, 0.3) is 0 Å². The number of phosphoric ester groups is 2. The van der Waals surface area contributed by atoms with Gasteiger partial charge in [0.05, 0.1) is 26.4 Å². The summed E-state index contributed by atoms with van der Waals surface area (Å²) >= 11 is 0. The van der Waals surface area contributed by atoms with Crippen LogP contribution >= 0.6 is 15.6 Å². The number of aliphatic hydroxyl groups excluding tert-OH is 1. The third kappa shape index (κ3) is 60.7. The van der Waals surface area contributed by atoms with E-state index in [1.165, 1.54) is 148 Å². The molecule has 0 aliphatic heterocycles. The molecule has 5 atom stereocenters.